The second-order valence-corrected chi connectivity index (χ2v) is 8.33. The van der Waals surface area contributed by atoms with Crippen LogP contribution in [0.1, 0.15) is 44.7 Å². The van der Waals surface area contributed by atoms with Crippen molar-refractivity contribution in [3.63, 3.8) is 0 Å². The molecule has 152 valence electrons. The standard InChI is InChI=1S/C23H27FN4O/c1-15-21(6-7-23(24)26-15)18-4-2-16(12-20(29)13-18)3-5-19-14-22(28-27-19)17-8-10-25-11-9-17/h6-11,14-16,18,21H,2-5,12-13H2,1H3,(H,27,28)/t15?,16-,18?,21?/m0/s1. The van der Waals surface area contributed by atoms with Gasteiger partial charge < -0.3 is 0 Å². The number of H-pyrrole nitrogens is 1. The molecule has 1 fully saturated rings. The second-order valence-electron chi connectivity index (χ2n) is 8.33. The number of ketones is 1. The molecular weight excluding hydrogens is 367 g/mol. The van der Waals surface area contributed by atoms with Crippen LogP contribution in [0, 0.1) is 17.8 Å². The van der Waals surface area contributed by atoms with Gasteiger partial charge in [-0.05, 0) is 68.7 Å². The van der Waals surface area contributed by atoms with E-state index in [1.54, 1.807) is 12.4 Å². The van der Waals surface area contributed by atoms with E-state index in [4.69, 9.17) is 0 Å². The summed E-state index contributed by atoms with van der Waals surface area (Å²) in [6.45, 7) is 1.94. The first-order valence-electron chi connectivity index (χ1n) is 10.5. The molecule has 2 aromatic rings. The van der Waals surface area contributed by atoms with Gasteiger partial charge in [-0.15, -0.1) is 0 Å². The SMILES string of the molecule is CC1N=C(F)C=CC1C1CC[C@@H](CCc2cc(-c3ccncc3)n[nH]2)CC(=O)C1. The van der Waals surface area contributed by atoms with Gasteiger partial charge >= 0.3 is 0 Å². The van der Waals surface area contributed by atoms with E-state index in [2.05, 4.69) is 26.2 Å². The smallest absolute Gasteiger partial charge is 0.208 e. The van der Waals surface area contributed by atoms with Crippen molar-refractivity contribution in [2.75, 3.05) is 0 Å². The summed E-state index contributed by atoms with van der Waals surface area (Å²) in [7, 11) is 0. The van der Waals surface area contributed by atoms with E-state index in [0.717, 1.165) is 42.6 Å². The third-order valence-electron chi connectivity index (χ3n) is 6.27. The average molecular weight is 394 g/mol. The predicted octanol–water partition coefficient (Wildman–Crippen LogP) is 4.72. The number of nitrogens with zero attached hydrogens (tertiary/aromatic N) is 3. The van der Waals surface area contributed by atoms with Crippen LogP contribution in [0.15, 0.2) is 47.7 Å². The third-order valence-corrected chi connectivity index (χ3v) is 6.27. The molecule has 3 heterocycles. The molecule has 0 spiro atoms. The van der Waals surface area contributed by atoms with Gasteiger partial charge in [0.1, 0.15) is 5.78 Å². The number of hydrogen-bond donors (Lipinski definition) is 1. The number of carbonyl (C=O) groups excluding carboxylic acids is 1. The number of halogens is 1. The minimum Gasteiger partial charge on any atom is -0.300 e. The molecule has 0 saturated heterocycles. The topological polar surface area (TPSA) is 71.0 Å². The van der Waals surface area contributed by atoms with Crippen molar-refractivity contribution in [1.29, 1.82) is 0 Å². The van der Waals surface area contributed by atoms with E-state index in [1.807, 2.05) is 25.1 Å². The summed E-state index contributed by atoms with van der Waals surface area (Å²) in [6.07, 6.45) is 12.0. The highest BCUT2D eigenvalue weighted by Crippen LogP contribution is 2.36. The first-order valence-corrected chi connectivity index (χ1v) is 10.5. The van der Waals surface area contributed by atoms with E-state index >= 15 is 0 Å². The number of aromatic amines is 1. The summed E-state index contributed by atoms with van der Waals surface area (Å²) in [5, 5.41) is 7.53. The highest BCUT2D eigenvalue weighted by atomic mass is 19.1. The molecule has 1 N–H and O–H groups in total. The Kier molecular flexibility index (Phi) is 5.97. The number of aryl methyl sites for hydroxylation is 1. The van der Waals surface area contributed by atoms with Crippen molar-refractivity contribution in [1.82, 2.24) is 15.2 Å². The van der Waals surface area contributed by atoms with Crippen LogP contribution in [0.3, 0.4) is 0 Å². The van der Waals surface area contributed by atoms with Crippen molar-refractivity contribution in [2.24, 2.45) is 22.7 Å². The Balaban J connectivity index is 1.33. The van der Waals surface area contributed by atoms with Crippen molar-refractivity contribution in [3.05, 3.63) is 48.4 Å². The van der Waals surface area contributed by atoms with E-state index in [-0.39, 0.29) is 17.9 Å². The number of aliphatic imine (C=N–C) groups is 1. The molecule has 1 aliphatic heterocycles. The van der Waals surface area contributed by atoms with Crippen LogP contribution in [-0.2, 0) is 11.2 Å². The summed E-state index contributed by atoms with van der Waals surface area (Å²) in [4.78, 5) is 20.7. The Labute approximate surface area is 170 Å². The lowest BCUT2D eigenvalue weighted by atomic mass is 9.80. The Morgan fingerprint density at radius 3 is 2.83 bits per heavy atom. The van der Waals surface area contributed by atoms with Gasteiger partial charge in [0, 0.05) is 42.4 Å². The third kappa shape index (κ3) is 4.86. The molecule has 4 atom stereocenters. The Bertz CT molecular complexity index is 905. The minimum atomic E-state index is -0.405. The van der Waals surface area contributed by atoms with Crippen molar-refractivity contribution in [2.45, 2.75) is 51.5 Å². The van der Waals surface area contributed by atoms with Gasteiger partial charge in [-0.25, -0.2) is 0 Å². The largest absolute Gasteiger partial charge is 0.300 e. The predicted molar refractivity (Wildman–Crippen MR) is 111 cm³/mol. The molecule has 0 radical (unpaired) electrons. The molecule has 6 heteroatoms. The lowest BCUT2D eigenvalue weighted by Crippen LogP contribution is -2.27. The summed E-state index contributed by atoms with van der Waals surface area (Å²) >= 11 is 0. The lowest BCUT2D eigenvalue weighted by Gasteiger charge is -2.28. The van der Waals surface area contributed by atoms with E-state index in [9.17, 15) is 9.18 Å². The van der Waals surface area contributed by atoms with Crippen LogP contribution < -0.4 is 0 Å². The van der Waals surface area contributed by atoms with E-state index in [1.165, 1.54) is 6.08 Å². The molecule has 2 aromatic heterocycles. The van der Waals surface area contributed by atoms with Crippen molar-refractivity contribution < 1.29 is 9.18 Å². The van der Waals surface area contributed by atoms with Crippen molar-refractivity contribution >= 4 is 11.7 Å². The summed E-state index contributed by atoms with van der Waals surface area (Å²) in [5.74, 6) is 0.740. The van der Waals surface area contributed by atoms with Gasteiger partial charge in [0.05, 0.1) is 11.7 Å². The molecule has 5 nitrogen and oxygen atoms in total. The van der Waals surface area contributed by atoms with Gasteiger partial charge in [-0.1, -0.05) is 6.08 Å². The highest BCUT2D eigenvalue weighted by Gasteiger charge is 2.32. The Morgan fingerprint density at radius 1 is 1.21 bits per heavy atom. The number of rotatable bonds is 5. The number of nitrogens with one attached hydrogen (secondary N) is 1. The number of hydrogen-bond acceptors (Lipinski definition) is 4. The molecule has 3 unspecified atom stereocenters. The normalized spacial score (nSPS) is 27.5. The molecule has 0 amide bonds. The Morgan fingerprint density at radius 2 is 2.03 bits per heavy atom. The molecule has 0 aromatic carbocycles. The molecule has 2 aliphatic rings. The van der Waals surface area contributed by atoms with Crippen LogP contribution in [0.25, 0.3) is 11.3 Å². The summed E-state index contributed by atoms with van der Waals surface area (Å²) in [5.41, 5.74) is 3.06. The van der Waals surface area contributed by atoms with E-state index < -0.39 is 5.97 Å². The van der Waals surface area contributed by atoms with E-state index in [0.29, 0.717) is 24.5 Å². The monoisotopic (exact) mass is 394 g/mol. The number of dihydropyridines is 1. The first kappa shape index (κ1) is 19.7. The lowest BCUT2D eigenvalue weighted by molar-refractivity contribution is -0.120. The van der Waals surface area contributed by atoms with Gasteiger partial charge in [0.2, 0.25) is 5.97 Å². The fraction of sp³-hybridized carbons (Fsp3) is 0.478. The number of Topliss-reactive ketones (excluding diaryl/α,β-unsaturated/α-hetero) is 1. The molecule has 0 bridgehead atoms. The Hall–Kier alpha value is -2.63. The molecular formula is C23H27FN4O. The van der Waals surface area contributed by atoms with Crippen LogP contribution in [-0.4, -0.2) is 33.0 Å². The fourth-order valence-corrected chi connectivity index (χ4v) is 4.67. The summed E-state index contributed by atoms with van der Waals surface area (Å²) in [6, 6.07) is 5.88. The van der Waals surface area contributed by atoms with Gasteiger partial charge in [-0.3, -0.25) is 19.9 Å². The van der Waals surface area contributed by atoms with Gasteiger partial charge in [-0.2, -0.15) is 9.49 Å². The zero-order valence-corrected chi connectivity index (χ0v) is 16.7. The molecule has 29 heavy (non-hydrogen) atoms. The fourth-order valence-electron chi connectivity index (χ4n) is 4.67. The zero-order chi connectivity index (χ0) is 20.2. The maximum Gasteiger partial charge on any atom is 0.208 e. The highest BCUT2D eigenvalue weighted by molar-refractivity contribution is 5.87. The second kappa shape index (κ2) is 8.80. The van der Waals surface area contributed by atoms with Crippen LogP contribution in [0.4, 0.5) is 4.39 Å². The number of pyridine rings is 1. The molecule has 4 rings (SSSR count). The molecule has 1 saturated carbocycles. The summed E-state index contributed by atoms with van der Waals surface area (Å²) < 4.78 is 13.4. The van der Waals surface area contributed by atoms with Crippen molar-refractivity contribution in [3.8, 4) is 11.3 Å². The van der Waals surface area contributed by atoms with Gasteiger partial charge in [0.15, 0.2) is 0 Å². The number of carbonyl (C=O) groups is 1. The van der Waals surface area contributed by atoms with Crippen LogP contribution >= 0.6 is 0 Å². The number of allylic oxidation sites excluding steroid dienone is 1. The first-order chi connectivity index (χ1) is 14.1. The molecule has 1 aliphatic carbocycles. The van der Waals surface area contributed by atoms with Crippen LogP contribution in [0.5, 0.6) is 0 Å². The number of aromatic nitrogens is 3. The van der Waals surface area contributed by atoms with Gasteiger partial charge in [0.25, 0.3) is 0 Å². The van der Waals surface area contributed by atoms with Crippen LogP contribution in [0.2, 0.25) is 0 Å². The minimum absolute atomic E-state index is 0.0917. The average Bonchev–Trinajstić information content (AvgIpc) is 3.11. The zero-order valence-electron chi connectivity index (χ0n) is 16.7. The maximum absolute atomic E-state index is 13.4. The quantitative estimate of drug-likeness (QED) is 0.746. The maximum atomic E-state index is 13.4.